The summed E-state index contributed by atoms with van der Waals surface area (Å²) in [5.74, 6) is -1.54. The molecule has 1 unspecified atom stereocenters. The van der Waals surface area contributed by atoms with Gasteiger partial charge in [-0.1, -0.05) is 60.7 Å². The minimum absolute atomic E-state index is 0.101. The van der Waals surface area contributed by atoms with E-state index in [2.05, 4.69) is 5.32 Å². The van der Waals surface area contributed by atoms with Crippen LogP contribution in [0.25, 0.3) is 0 Å². The first-order chi connectivity index (χ1) is 22.1. The molecule has 3 heterocycles. The second kappa shape index (κ2) is 15.4. The Morgan fingerprint density at radius 1 is 0.804 bits per heavy atom. The molecular weight excluding hydrogens is 602 g/mol. The molecule has 0 aromatic heterocycles. The van der Waals surface area contributed by atoms with Crippen LogP contribution in [0, 0.1) is 0 Å². The molecule has 0 bridgehead atoms. The fourth-order valence-electron chi connectivity index (χ4n) is 5.96. The van der Waals surface area contributed by atoms with Crippen LogP contribution >= 0.6 is 0 Å². The molecule has 11 atom stereocenters. The Morgan fingerprint density at radius 3 is 2.09 bits per heavy atom. The molecule has 1 amide bonds. The number of esters is 2. The number of ether oxygens (including phenoxy) is 9. The Balaban J connectivity index is 1.50. The summed E-state index contributed by atoms with van der Waals surface area (Å²) in [7, 11) is 1.46. The number of fused-ring (bicyclic) bond motifs is 1. The van der Waals surface area contributed by atoms with Crippen LogP contribution in [0.15, 0.2) is 60.7 Å². The summed E-state index contributed by atoms with van der Waals surface area (Å²) in [6.45, 7) is 5.82. The van der Waals surface area contributed by atoms with Gasteiger partial charge in [-0.05, 0) is 12.5 Å². The molecule has 0 saturated carbocycles. The zero-order valence-electron chi connectivity index (χ0n) is 26.4. The smallest absolute Gasteiger partial charge is 0.303 e. The molecule has 13 nitrogen and oxygen atoms in total. The maximum absolute atomic E-state index is 12.4. The normalized spacial score (nSPS) is 34.2. The summed E-state index contributed by atoms with van der Waals surface area (Å²) >= 11 is 0. The van der Waals surface area contributed by atoms with Crippen molar-refractivity contribution in [3.8, 4) is 0 Å². The first-order valence-electron chi connectivity index (χ1n) is 15.2. The fourth-order valence-corrected chi connectivity index (χ4v) is 5.96. The van der Waals surface area contributed by atoms with Gasteiger partial charge in [-0.2, -0.15) is 0 Å². The predicted octanol–water partition coefficient (Wildman–Crippen LogP) is 2.56. The number of rotatable bonds is 10. The number of methoxy groups -OCH3 is 1. The summed E-state index contributed by atoms with van der Waals surface area (Å²) in [6.07, 6.45) is -9.14. The largest absolute Gasteiger partial charge is 0.456 e. The van der Waals surface area contributed by atoms with E-state index < -0.39 is 79.6 Å². The number of carbonyl (C=O) groups excluding carboxylic acids is 3. The lowest BCUT2D eigenvalue weighted by Crippen LogP contribution is -2.69. The highest BCUT2D eigenvalue weighted by molar-refractivity contribution is 5.73. The van der Waals surface area contributed by atoms with Gasteiger partial charge in [-0.15, -0.1) is 0 Å². The number of nitrogens with one attached hydrogen (secondary N) is 1. The van der Waals surface area contributed by atoms with Crippen molar-refractivity contribution in [3.05, 3.63) is 71.8 Å². The average molecular weight is 644 g/mol. The van der Waals surface area contributed by atoms with Gasteiger partial charge in [-0.25, -0.2) is 0 Å². The van der Waals surface area contributed by atoms with E-state index in [-0.39, 0.29) is 19.1 Å². The molecule has 2 aromatic carbocycles. The van der Waals surface area contributed by atoms with Gasteiger partial charge in [0.1, 0.15) is 30.5 Å². The van der Waals surface area contributed by atoms with Gasteiger partial charge in [0.2, 0.25) is 5.91 Å². The number of amides is 1. The molecule has 0 aliphatic carbocycles. The summed E-state index contributed by atoms with van der Waals surface area (Å²) in [5, 5.41) is 2.89. The average Bonchev–Trinajstić information content (AvgIpc) is 3.03. The highest BCUT2D eigenvalue weighted by Gasteiger charge is 2.56. The van der Waals surface area contributed by atoms with Gasteiger partial charge in [0.25, 0.3) is 0 Å². The summed E-state index contributed by atoms with van der Waals surface area (Å²) in [5.41, 5.74) is 1.63. The van der Waals surface area contributed by atoms with Crippen molar-refractivity contribution in [3.63, 3.8) is 0 Å². The van der Waals surface area contributed by atoms with Crippen LogP contribution in [-0.4, -0.2) is 92.9 Å². The fraction of sp³-hybridized carbons (Fsp3) is 0.545. The minimum Gasteiger partial charge on any atom is -0.456 e. The van der Waals surface area contributed by atoms with E-state index in [1.165, 1.54) is 27.9 Å². The molecule has 5 rings (SSSR count). The third kappa shape index (κ3) is 8.10. The van der Waals surface area contributed by atoms with E-state index in [1.807, 2.05) is 60.7 Å². The molecule has 46 heavy (non-hydrogen) atoms. The highest BCUT2D eigenvalue weighted by atomic mass is 16.8. The van der Waals surface area contributed by atoms with Crippen LogP contribution in [-0.2, 0) is 63.6 Å². The third-order valence-electron chi connectivity index (χ3n) is 7.92. The molecule has 2 aromatic rings. The number of hydrogen-bond acceptors (Lipinski definition) is 12. The van der Waals surface area contributed by atoms with E-state index in [0.717, 1.165) is 11.1 Å². The predicted molar refractivity (Wildman–Crippen MR) is 159 cm³/mol. The van der Waals surface area contributed by atoms with Gasteiger partial charge in [0, 0.05) is 33.4 Å². The highest BCUT2D eigenvalue weighted by Crippen LogP contribution is 2.38. The molecule has 1 N–H and O–H groups in total. The van der Waals surface area contributed by atoms with Gasteiger partial charge < -0.3 is 47.9 Å². The zero-order valence-corrected chi connectivity index (χ0v) is 26.4. The van der Waals surface area contributed by atoms with Gasteiger partial charge >= 0.3 is 11.9 Å². The van der Waals surface area contributed by atoms with Crippen molar-refractivity contribution in [1.29, 1.82) is 0 Å². The van der Waals surface area contributed by atoms with Crippen LogP contribution in [0.4, 0.5) is 0 Å². The Kier molecular flexibility index (Phi) is 11.4. The molecule has 3 aliphatic rings. The maximum Gasteiger partial charge on any atom is 0.303 e. The molecular formula is C33H41NO12. The van der Waals surface area contributed by atoms with Gasteiger partial charge in [0.05, 0.1) is 19.3 Å². The second-order valence-electron chi connectivity index (χ2n) is 11.4. The monoisotopic (exact) mass is 643 g/mol. The Morgan fingerprint density at radius 2 is 1.46 bits per heavy atom. The number of hydrogen-bond donors (Lipinski definition) is 1. The van der Waals surface area contributed by atoms with E-state index in [1.54, 1.807) is 6.92 Å². The van der Waals surface area contributed by atoms with E-state index in [0.29, 0.717) is 0 Å². The molecule has 13 heteroatoms. The minimum atomic E-state index is -1.19. The topological polar surface area (TPSA) is 146 Å². The quantitative estimate of drug-likeness (QED) is 0.380. The first-order valence-corrected chi connectivity index (χ1v) is 15.2. The van der Waals surface area contributed by atoms with Crippen LogP contribution < -0.4 is 5.32 Å². The van der Waals surface area contributed by atoms with Crippen LogP contribution in [0.3, 0.4) is 0 Å². The van der Waals surface area contributed by atoms with Crippen molar-refractivity contribution in [1.82, 2.24) is 5.32 Å². The lowest BCUT2D eigenvalue weighted by molar-refractivity contribution is -0.377. The molecule has 250 valence electrons. The van der Waals surface area contributed by atoms with Gasteiger partial charge in [0.15, 0.2) is 31.1 Å². The second-order valence-corrected chi connectivity index (χ2v) is 11.4. The lowest BCUT2D eigenvalue weighted by Gasteiger charge is -2.51. The van der Waals surface area contributed by atoms with E-state index >= 15 is 0 Å². The van der Waals surface area contributed by atoms with Crippen molar-refractivity contribution in [2.24, 2.45) is 0 Å². The Labute approximate surface area is 267 Å². The zero-order chi connectivity index (χ0) is 32.8. The molecule has 3 fully saturated rings. The standard InChI is InChI=1S/C33H41NO12/c1-18-26(42-20(3)36)29(43-21(4)37)30(39-16-22-12-8-6-9-13-22)33(41-18)46-28-25(34-19(2)35)32(38-5)44-24-17-40-31(45-27(24)28)23-14-10-7-11-15-23/h6-15,18,24-33H,16-17H2,1-5H3,(H,34,35)/t18-,24+,25+,26+,27+,28+,29+,30-,31?,32-,33+/m0/s1. The van der Waals surface area contributed by atoms with Crippen LogP contribution in [0.1, 0.15) is 45.1 Å². The van der Waals surface area contributed by atoms with Crippen molar-refractivity contribution < 1.29 is 57.0 Å². The van der Waals surface area contributed by atoms with Gasteiger partial charge in [-0.3, -0.25) is 14.4 Å². The molecule has 0 radical (unpaired) electrons. The van der Waals surface area contributed by atoms with Crippen molar-refractivity contribution in [2.45, 2.75) is 102 Å². The van der Waals surface area contributed by atoms with Crippen LogP contribution in [0.2, 0.25) is 0 Å². The van der Waals surface area contributed by atoms with Crippen molar-refractivity contribution in [2.75, 3.05) is 13.7 Å². The summed E-state index contributed by atoms with van der Waals surface area (Å²) in [6, 6.07) is 17.9. The Bertz CT molecular complexity index is 1310. The summed E-state index contributed by atoms with van der Waals surface area (Å²) < 4.78 is 55.0. The SMILES string of the molecule is CO[C@H]1O[C@@H]2COC(c3ccccc3)O[C@H]2[C@H](O[C@H]2O[C@@H](C)[C@@H](OC(C)=O)[C@@H](OC(C)=O)[C@@H]2OCc2ccccc2)[C@H]1NC(C)=O. The third-order valence-corrected chi connectivity index (χ3v) is 7.92. The molecule has 3 saturated heterocycles. The molecule has 0 spiro atoms. The van der Waals surface area contributed by atoms with Crippen molar-refractivity contribution >= 4 is 17.8 Å². The molecule has 3 aliphatic heterocycles. The number of benzene rings is 2. The Hall–Kier alpha value is -3.43. The first kappa shape index (κ1) is 33.9. The van der Waals surface area contributed by atoms with E-state index in [9.17, 15) is 14.4 Å². The maximum atomic E-state index is 12.4. The summed E-state index contributed by atoms with van der Waals surface area (Å²) in [4.78, 5) is 36.9. The lowest BCUT2D eigenvalue weighted by atomic mass is 9.94. The number of carbonyl (C=O) groups is 3. The van der Waals surface area contributed by atoms with Crippen LogP contribution in [0.5, 0.6) is 0 Å². The van der Waals surface area contributed by atoms with E-state index in [4.69, 9.17) is 42.6 Å².